The lowest BCUT2D eigenvalue weighted by Gasteiger charge is -2.23. The number of rotatable bonds is 4. The quantitative estimate of drug-likeness (QED) is 0.820. The van der Waals surface area contributed by atoms with Crippen molar-refractivity contribution in [3.05, 3.63) is 42.7 Å². The Kier molecular flexibility index (Phi) is 4.46. The second-order valence-electron chi connectivity index (χ2n) is 4.36. The van der Waals surface area contributed by atoms with Crippen LogP contribution in [0, 0.1) is 0 Å². The number of alkyl halides is 3. The number of hydrogen-bond donors (Lipinski definition) is 1. The standard InChI is InChI=1S/C14H14Cl3NO/c1-9(12(18-2)8-14(15,16)17)11-4-3-10-5-6-19-13(10)7-11/h3-7,12,18H,1,8H2,2H3. The summed E-state index contributed by atoms with van der Waals surface area (Å²) in [5.41, 5.74) is 2.66. The molecule has 1 N–H and O–H groups in total. The lowest BCUT2D eigenvalue weighted by molar-refractivity contribution is 0.615. The first-order valence-electron chi connectivity index (χ1n) is 5.81. The molecular weight excluding hydrogens is 305 g/mol. The molecule has 0 bridgehead atoms. The van der Waals surface area contributed by atoms with Gasteiger partial charge in [0.2, 0.25) is 0 Å². The van der Waals surface area contributed by atoms with Crippen LogP contribution >= 0.6 is 34.8 Å². The van der Waals surface area contributed by atoms with Crippen molar-refractivity contribution >= 4 is 51.3 Å². The number of nitrogens with one attached hydrogen (secondary N) is 1. The van der Waals surface area contributed by atoms with Gasteiger partial charge in [-0.15, -0.1) is 0 Å². The van der Waals surface area contributed by atoms with Crippen molar-refractivity contribution in [3.63, 3.8) is 0 Å². The Balaban J connectivity index is 2.25. The van der Waals surface area contributed by atoms with Gasteiger partial charge in [-0.25, -0.2) is 0 Å². The number of furan rings is 1. The van der Waals surface area contributed by atoms with E-state index in [2.05, 4.69) is 11.9 Å². The Bertz CT molecular complexity index is 586. The minimum Gasteiger partial charge on any atom is -0.464 e. The van der Waals surface area contributed by atoms with Crippen LogP contribution < -0.4 is 5.32 Å². The van der Waals surface area contributed by atoms with Crippen LogP contribution in [0.25, 0.3) is 16.5 Å². The Morgan fingerprint density at radius 1 is 1.37 bits per heavy atom. The Hall–Kier alpha value is -0.670. The van der Waals surface area contributed by atoms with Crippen molar-refractivity contribution in [2.24, 2.45) is 0 Å². The lowest BCUT2D eigenvalue weighted by Crippen LogP contribution is -2.30. The van der Waals surface area contributed by atoms with Gasteiger partial charge in [0.1, 0.15) is 5.58 Å². The van der Waals surface area contributed by atoms with E-state index in [-0.39, 0.29) is 6.04 Å². The summed E-state index contributed by atoms with van der Waals surface area (Å²) in [5.74, 6) is 0. The van der Waals surface area contributed by atoms with Gasteiger partial charge in [0.15, 0.2) is 3.79 Å². The van der Waals surface area contributed by atoms with Crippen LogP contribution in [-0.2, 0) is 0 Å². The number of benzene rings is 1. The van der Waals surface area contributed by atoms with Crippen LogP contribution in [0.15, 0.2) is 41.5 Å². The summed E-state index contributed by atoms with van der Waals surface area (Å²) in [6, 6.07) is 7.73. The fourth-order valence-electron chi connectivity index (χ4n) is 1.99. The fraction of sp³-hybridized carbons (Fsp3) is 0.286. The van der Waals surface area contributed by atoms with Gasteiger partial charge >= 0.3 is 0 Å². The van der Waals surface area contributed by atoms with E-state index in [0.29, 0.717) is 6.42 Å². The zero-order chi connectivity index (χ0) is 14.0. The van der Waals surface area contributed by atoms with Crippen molar-refractivity contribution in [1.29, 1.82) is 0 Å². The van der Waals surface area contributed by atoms with E-state index >= 15 is 0 Å². The summed E-state index contributed by atoms with van der Waals surface area (Å²) >= 11 is 17.5. The average molecular weight is 319 g/mol. The van der Waals surface area contributed by atoms with Crippen molar-refractivity contribution in [2.75, 3.05) is 7.05 Å². The summed E-state index contributed by atoms with van der Waals surface area (Å²) in [7, 11) is 1.82. The van der Waals surface area contributed by atoms with E-state index in [1.54, 1.807) is 6.26 Å². The van der Waals surface area contributed by atoms with Crippen LogP contribution in [0.4, 0.5) is 0 Å². The van der Waals surface area contributed by atoms with Gasteiger partial charge in [0.05, 0.1) is 6.26 Å². The second kappa shape index (κ2) is 5.76. The molecule has 0 aliphatic heterocycles. The molecule has 1 heterocycles. The number of hydrogen-bond acceptors (Lipinski definition) is 2. The molecule has 0 spiro atoms. The molecule has 2 aromatic rings. The van der Waals surface area contributed by atoms with Crippen molar-refractivity contribution in [2.45, 2.75) is 16.3 Å². The zero-order valence-corrected chi connectivity index (χ0v) is 12.7. The van der Waals surface area contributed by atoms with Crippen molar-refractivity contribution < 1.29 is 4.42 Å². The third-order valence-electron chi connectivity index (χ3n) is 3.03. The summed E-state index contributed by atoms with van der Waals surface area (Å²) in [6.07, 6.45) is 2.01. The highest BCUT2D eigenvalue weighted by atomic mass is 35.6. The highest BCUT2D eigenvalue weighted by Gasteiger charge is 2.26. The van der Waals surface area contributed by atoms with Crippen LogP contribution in [0.5, 0.6) is 0 Å². The third-order valence-corrected chi connectivity index (χ3v) is 3.49. The average Bonchev–Trinajstić information content (AvgIpc) is 2.81. The van der Waals surface area contributed by atoms with Crippen LogP contribution in [0.1, 0.15) is 12.0 Å². The molecule has 102 valence electrons. The maximum absolute atomic E-state index is 5.85. The topological polar surface area (TPSA) is 25.2 Å². The molecule has 0 fully saturated rings. The van der Waals surface area contributed by atoms with Crippen LogP contribution in [0.2, 0.25) is 0 Å². The van der Waals surface area contributed by atoms with Crippen molar-refractivity contribution in [3.8, 4) is 0 Å². The minimum absolute atomic E-state index is 0.111. The molecule has 2 nitrogen and oxygen atoms in total. The molecule has 5 heteroatoms. The summed E-state index contributed by atoms with van der Waals surface area (Å²) in [6.45, 7) is 4.09. The maximum atomic E-state index is 5.85. The molecule has 1 unspecified atom stereocenters. The van der Waals surface area contributed by atoms with E-state index in [1.807, 2.05) is 31.3 Å². The van der Waals surface area contributed by atoms with Crippen LogP contribution in [-0.4, -0.2) is 16.9 Å². The summed E-state index contributed by atoms with van der Waals surface area (Å²) in [5, 5.41) is 4.17. The van der Waals surface area contributed by atoms with E-state index in [4.69, 9.17) is 39.2 Å². The molecule has 0 aliphatic rings. The molecular formula is C14H14Cl3NO. The normalized spacial score (nSPS) is 13.7. The molecule has 0 saturated carbocycles. The van der Waals surface area contributed by atoms with Gasteiger partial charge in [0.25, 0.3) is 0 Å². The SMILES string of the molecule is C=C(c1ccc2ccoc2c1)C(CC(Cl)(Cl)Cl)NC. The molecule has 19 heavy (non-hydrogen) atoms. The fourth-order valence-corrected chi connectivity index (χ4v) is 2.45. The molecule has 1 aromatic heterocycles. The Morgan fingerprint density at radius 3 is 2.74 bits per heavy atom. The van der Waals surface area contributed by atoms with Crippen LogP contribution in [0.3, 0.4) is 0 Å². The molecule has 2 rings (SSSR count). The van der Waals surface area contributed by atoms with E-state index in [0.717, 1.165) is 22.1 Å². The predicted molar refractivity (Wildman–Crippen MR) is 83.0 cm³/mol. The van der Waals surface area contributed by atoms with Gasteiger partial charge in [-0.2, -0.15) is 0 Å². The molecule has 0 amide bonds. The first-order chi connectivity index (χ1) is 8.90. The third kappa shape index (κ3) is 3.67. The number of likely N-dealkylation sites (N-methyl/N-ethyl adjacent to an activating group) is 1. The van der Waals surface area contributed by atoms with Gasteiger partial charge in [-0.3, -0.25) is 0 Å². The van der Waals surface area contributed by atoms with Gasteiger partial charge in [0, 0.05) is 17.8 Å². The highest BCUT2D eigenvalue weighted by molar-refractivity contribution is 6.67. The summed E-state index contributed by atoms with van der Waals surface area (Å²) < 4.78 is 4.07. The Labute approximate surface area is 127 Å². The lowest BCUT2D eigenvalue weighted by atomic mass is 9.97. The first-order valence-corrected chi connectivity index (χ1v) is 6.94. The molecule has 1 atom stereocenters. The largest absolute Gasteiger partial charge is 0.464 e. The van der Waals surface area contributed by atoms with Gasteiger partial charge in [-0.05, 0) is 30.3 Å². The van der Waals surface area contributed by atoms with Crippen molar-refractivity contribution in [1.82, 2.24) is 5.32 Å². The van der Waals surface area contributed by atoms with E-state index < -0.39 is 3.79 Å². The maximum Gasteiger partial charge on any atom is 0.192 e. The molecule has 0 saturated heterocycles. The second-order valence-corrected chi connectivity index (χ2v) is 6.88. The van der Waals surface area contributed by atoms with Gasteiger partial charge < -0.3 is 9.73 Å². The smallest absolute Gasteiger partial charge is 0.192 e. The number of halogens is 3. The summed E-state index contributed by atoms with van der Waals surface area (Å²) in [4.78, 5) is 0. The zero-order valence-electron chi connectivity index (χ0n) is 10.4. The van der Waals surface area contributed by atoms with E-state index in [9.17, 15) is 0 Å². The molecule has 1 aromatic carbocycles. The first kappa shape index (κ1) is 14.7. The Morgan fingerprint density at radius 2 is 2.11 bits per heavy atom. The monoisotopic (exact) mass is 317 g/mol. The van der Waals surface area contributed by atoms with E-state index in [1.165, 1.54) is 0 Å². The van der Waals surface area contributed by atoms with Gasteiger partial charge in [-0.1, -0.05) is 53.5 Å². The minimum atomic E-state index is -1.31. The number of fused-ring (bicyclic) bond motifs is 1. The predicted octanol–water partition coefficient (Wildman–Crippen LogP) is 4.79. The molecule has 0 radical (unpaired) electrons. The highest BCUT2D eigenvalue weighted by Crippen LogP contribution is 2.35. The molecule has 0 aliphatic carbocycles.